The molecule has 2 nitrogen and oxygen atoms in total. The van der Waals surface area contributed by atoms with Gasteiger partial charge in [-0.1, -0.05) is 94.9 Å². The molecule has 0 aliphatic heterocycles. The summed E-state index contributed by atoms with van der Waals surface area (Å²) >= 11 is 0. The summed E-state index contributed by atoms with van der Waals surface area (Å²) in [5.41, 5.74) is 17.1. The second-order valence-electron chi connectivity index (χ2n) is 12.5. The predicted molar refractivity (Wildman–Crippen MR) is 165 cm³/mol. The molecule has 1 aromatic heterocycles. The number of nitrogens with zero attached hydrogens (tertiary/aromatic N) is 2. The molecule has 0 saturated heterocycles. The highest BCUT2D eigenvalue weighted by Crippen LogP contribution is 2.42. The first-order chi connectivity index (χ1) is 16.6. The fraction of sp³-hybridized carbons (Fsp3) is 0.625. The van der Waals surface area contributed by atoms with Crippen molar-refractivity contribution in [3.63, 3.8) is 0 Å². The summed E-state index contributed by atoms with van der Waals surface area (Å²) in [7, 11) is -3.69. The van der Waals surface area contributed by atoms with Crippen molar-refractivity contribution in [1.29, 1.82) is 0 Å². The third-order valence-electron chi connectivity index (χ3n) is 8.79. The second kappa shape index (κ2) is 11.7. The molecular weight excluding hydrogens is 469 g/mol. The van der Waals surface area contributed by atoms with Crippen LogP contribution in [0.4, 0.5) is 0 Å². The van der Waals surface area contributed by atoms with E-state index in [9.17, 15) is 0 Å². The molecule has 196 valence electrons. The first-order valence-corrected chi connectivity index (χ1v) is 18.4. The smallest absolute Gasteiger partial charge is 0.146 e. The van der Waals surface area contributed by atoms with Crippen molar-refractivity contribution in [3.05, 3.63) is 34.6 Å². The summed E-state index contributed by atoms with van der Waals surface area (Å²) in [6, 6.07) is 4.29. The normalized spacial score (nSPS) is 12.7. The minimum Gasteiger partial charge on any atom is -0.248 e. The van der Waals surface area contributed by atoms with Gasteiger partial charge in [0.05, 0.1) is 22.5 Å². The van der Waals surface area contributed by atoms with Gasteiger partial charge in [0.1, 0.15) is 27.2 Å². The van der Waals surface area contributed by atoms with Gasteiger partial charge in [0.15, 0.2) is 0 Å². The quantitative estimate of drug-likeness (QED) is 0.281. The van der Waals surface area contributed by atoms with Crippen LogP contribution in [0.1, 0.15) is 106 Å². The van der Waals surface area contributed by atoms with Gasteiger partial charge < -0.3 is 0 Å². The molecule has 36 heavy (non-hydrogen) atoms. The first kappa shape index (κ1) is 30.3. The lowest BCUT2D eigenvalue weighted by Crippen LogP contribution is -2.43. The van der Waals surface area contributed by atoms with Gasteiger partial charge in [0, 0.05) is 0 Å². The van der Waals surface area contributed by atoms with Crippen molar-refractivity contribution >= 4 is 27.2 Å². The standard InChI is InChI=1S/C32H50N2Si2/c1-21(2)35(22(3)4,23(5)6)19-17-29-15-16-30(32-31(29)33-27(13)28(14)34-32)18-20-36(24(7)8,25(9)10)26(11)12/h15-16,21-26H,1-14H3. The highest BCUT2D eigenvalue weighted by atomic mass is 28.3. The zero-order chi connectivity index (χ0) is 27.6. The van der Waals surface area contributed by atoms with E-state index in [1.54, 1.807) is 0 Å². The van der Waals surface area contributed by atoms with E-state index in [2.05, 4.69) is 118 Å². The number of aryl methyl sites for hydroxylation is 2. The first-order valence-electron chi connectivity index (χ1n) is 14.0. The van der Waals surface area contributed by atoms with Crippen LogP contribution in [0.3, 0.4) is 0 Å². The van der Waals surface area contributed by atoms with Crippen LogP contribution in [0.2, 0.25) is 33.2 Å². The van der Waals surface area contributed by atoms with Crippen molar-refractivity contribution in [2.45, 2.75) is 130 Å². The SMILES string of the molecule is Cc1nc2c(C#C[Si](C(C)C)(C(C)C)C(C)C)ccc(C#C[Si](C(C)C)(C(C)C)C(C)C)c2nc1C. The van der Waals surface area contributed by atoms with E-state index in [4.69, 9.17) is 9.97 Å². The molecule has 4 heteroatoms. The van der Waals surface area contributed by atoms with E-state index in [0.717, 1.165) is 33.5 Å². The maximum atomic E-state index is 5.01. The zero-order valence-electron chi connectivity index (χ0n) is 25.5. The summed E-state index contributed by atoms with van der Waals surface area (Å²) in [6.07, 6.45) is 0. The van der Waals surface area contributed by atoms with Crippen LogP contribution in [-0.4, -0.2) is 26.1 Å². The Morgan fingerprint density at radius 2 is 0.750 bits per heavy atom. The molecule has 0 unspecified atom stereocenters. The van der Waals surface area contributed by atoms with E-state index < -0.39 is 16.1 Å². The molecule has 1 heterocycles. The molecule has 0 spiro atoms. The average molecular weight is 519 g/mol. The zero-order valence-corrected chi connectivity index (χ0v) is 27.5. The Hall–Kier alpha value is -1.89. The lowest BCUT2D eigenvalue weighted by atomic mass is 10.1. The van der Waals surface area contributed by atoms with Gasteiger partial charge in [-0.15, -0.1) is 11.1 Å². The largest absolute Gasteiger partial charge is 0.248 e. The molecule has 2 rings (SSSR count). The van der Waals surface area contributed by atoms with Gasteiger partial charge in [-0.3, -0.25) is 0 Å². The van der Waals surface area contributed by atoms with Crippen LogP contribution in [-0.2, 0) is 0 Å². The van der Waals surface area contributed by atoms with Crippen LogP contribution in [0.5, 0.6) is 0 Å². The maximum absolute atomic E-state index is 5.01. The molecule has 0 fully saturated rings. The fourth-order valence-electron chi connectivity index (χ4n) is 6.72. The van der Waals surface area contributed by atoms with E-state index in [1.807, 2.05) is 13.8 Å². The number of benzene rings is 1. The molecule has 0 bridgehead atoms. The molecular formula is C32H50N2Si2. The average Bonchev–Trinajstić information content (AvgIpc) is 2.75. The number of hydrogen-bond donors (Lipinski definition) is 0. The number of aromatic nitrogens is 2. The van der Waals surface area contributed by atoms with Gasteiger partial charge in [-0.2, -0.15) is 0 Å². The molecule has 0 atom stereocenters. The van der Waals surface area contributed by atoms with Gasteiger partial charge in [0.25, 0.3) is 0 Å². The van der Waals surface area contributed by atoms with Crippen LogP contribution in [0.25, 0.3) is 11.0 Å². The van der Waals surface area contributed by atoms with E-state index in [-0.39, 0.29) is 0 Å². The van der Waals surface area contributed by atoms with Gasteiger partial charge >= 0.3 is 0 Å². The number of rotatable bonds is 6. The summed E-state index contributed by atoms with van der Waals surface area (Å²) in [5.74, 6) is 7.29. The van der Waals surface area contributed by atoms with Gasteiger partial charge in [0.2, 0.25) is 0 Å². The molecule has 2 aromatic rings. The Kier molecular flexibility index (Phi) is 9.83. The van der Waals surface area contributed by atoms with Crippen molar-refractivity contribution in [1.82, 2.24) is 9.97 Å². The van der Waals surface area contributed by atoms with Crippen molar-refractivity contribution in [2.75, 3.05) is 0 Å². The topological polar surface area (TPSA) is 25.8 Å². The van der Waals surface area contributed by atoms with Crippen LogP contribution in [0.15, 0.2) is 12.1 Å². The highest BCUT2D eigenvalue weighted by Gasteiger charge is 2.42. The molecule has 0 aliphatic rings. The number of fused-ring (bicyclic) bond motifs is 1. The summed E-state index contributed by atoms with van der Waals surface area (Å²) in [5, 5.41) is 0. The third kappa shape index (κ3) is 5.51. The molecule has 0 aliphatic carbocycles. The maximum Gasteiger partial charge on any atom is 0.146 e. The monoisotopic (exact) mass is 518 g/mol. The summed E-state index contributed by atoms with van der Waals surface area (Å²) in [4.78, 5) is 10.0. The van der Waals surface area contributed by atoms with Crippen LogP contribution in [0, 0.1) is 36.8 Å². The van der Waals surface area contributed by atoms with Crippen molar-refractivity contribution < 1.29 is 0 Å². The highest BCUT2D eigenvalue weighted by molar-refractivity contribution is 6.91. The Morgan fingerprint density at radius 1 is 0.500 bits per heavy atom. The Labute approximate surface area is 224 Å². The van der Waals surface area contributed by atoms with Gasteiger partial charge in [-0.05, 0) is 59.2 Å². The molecule has 1 aromatic carbocycles. The van der Waals surface area contributed by atoms with Crippen LogP contribution >= 0.6 is 0 Å². The van der Waals surface area contributed by atoms with E-state index in [1.165, 1.54) is 0 Å². The van der Waals surface area contributed by atoms with E-state index >= 15 is 0 Å². The minimum absolute atomic E-state index is 0.595. The van der Waals surface area contributed by atoms with Crippen LogP contribution < -0.4 is 0 Å². The Morgan fingerprint density at radius 3 is 0.972 bits per heavy atom. The lowest BCUT2D eigenvalue weighted by molar-refractivity contribution is 0.838. The molecule has 0 N–H and O–H groups in total. The summed E-state index contributed by atoms with van der Waals surface area (Å²) < 4.78 is 0. The Balaban J connectivity index is 2.84. The van der Waals surface area contributed by atoms with E-state index in [0.29, 0.717) is 33.2 Å². The number of hydrogen-bond acceptors (Lipinski definition) is 2. The molecule has 0 saturated carbocycles. The van der Waals surface area contributed by atoms with Crippen molar-refractivity contribution in [2.24, 2.45) is 0 Å². The predicted octanol–water partition coefficient (Wildman–Crippen LogP) is 9.39. The Bertz CT molecular complexity index is 1060. The molecule has 0 amide bonds. The fourth-order valence-corrected chi connectivity index (χ4v) is 17.2. The second-order valence-corrected chi connectivity index (χ2v) is 23.7. The minimum atomic E-state index is -1.85. The summed E-state index contributed by atoms with van der Waals surface area (Å²) in [6.45, 7) is 32.4. The van der Waals surface area contributed by atoms with Crippen molar-refractivity contribution in [3.8, 4) is 22.9 Å². The lowest BCUT2D eigenvalue weighted by Gasteiger charge is -2.38. The van der Waals surface area contributed by atoms with Gasteiger partial charge in [-0.25, -0.2) is 9.97 Å². The molecule has 0 radical (unpaired) electrons. The third-order valence-corrected chi connectivity index (χ3v) is 21.4.